The lowest BCUT2D eigenvalue weighted by atomic mass is 9.91. The van der Waals surface area contributed by atoms with Crippen molar-refractivity contribution >= 4 is 126 Å². The molecule has 0 radical (unpaired) electrons. The second-order valence-electron chi connectivity index (χ2n) is 21.2. The van der Waals surface area contributed by atoms with Crippen LogP contribution in [0.2, 0.25) is 0 Å². The van der Waals surface area contributed by atoms with Gasteiger partial charge in [-0.25, -0.2) is 0 Å². The number of allylic oxidation sites excluding steroid dienone is 2. The van der Waals surface area contributed by atoms with Gasteiger partial charge in [0.15, 0.2) is 11.2 Å². The third kappa shape index (κ3) is 6.72. The van der Waals surface area contributed by atoms with E-state index < -0.39 is 0 Å². The SMILES string of the molecule is CC1=CC(N(c2ccc3ccc4c(N(c5cccc(C)c5)c5cccc6c5oc5c(-c7ccccc7)cc7ccccc7c56)ccc5ccc2c3c54)c2cccc3c2oc2c(-c4ccccc4)cc4ccccc4c23)CC=C1. The minimum atomic E-state index is 0.0221. The molecule has 368 valence electrons. The van der Waals surface area contributed by atoms with Gasteiger partial charge in [-0.3, -0.25) is 0 Å². The molecule has 1 atom stereocenters. The number of fused-ring (bicyclic) bond motifs is 10. The van der Waals surface area contributed by atoms with Crippen molar-refractivity contribution in [2.24, 2.45) is 0 Å². The average Bonchev–Trinajstić information content (AvgIpc) is 4.26. The van der Waals surface area contributed by atoms with Crippen LogP contribution >= 0.6 is 0 Å². The van der Waals surface area contributed by atoms with Crippen molar-refractivity contribution in [3.8, 4) is 22.3 Å². The van der Waals surface area contributed by atoms with Crippen LogP contribution in [0.4, 0.5) is 28.4 Å². The van der Waals surface area contributed by atoms with E-state index >= 15 is 0 Å². The van der Waals surface area contributed by atoms with Gasteiger partial charge in [-0.05, 0) is 129 Å². The van der Waals surface area contributed by atoms with E-state index in [0.717, 1.165) is 106 Å². The fourth-order valence-electron chi connectivity index (χ4n) is 13.1. The Kier molecular flexibility index (Phi) is 9.86. The molecule has 0 spiro atoms. The van der Waals surface area contributed by atoms with Gasteiger partial charge < -0.3 is 18.6 Å². The summed E-state index contributed by atoms with van der Waals surface area (Å²) in [5.74, 6) is 0. The second-order valence-corrected chi connectivity index (χ2v) is 21.2. The second kappa shape index (κ2) is 17.3. The summed E-state index contributed by atoms with van der Waals surface area (Å²) in [6.07, 6.45) is 7.84. The van der Waals surface area contributed by atoms with Crippen molar-refractivity contribution in [3.63, 3.8) is 0 Å². The Labute approximate surface area is 450 Å². The van der Waals surface area contributed by atoms with E-state index in [-0.39, 0.29) is 6.04 Å². The number of benzene rings is 13. The number of nitrogens with zero attached hydrogens (tertiary/aromatic N) is 2. The maximum Gasteiger partial charge on any atom is 0.159 e. The highest BCUT2D eigenvalue weighted by Gasteiger charge is 2.29. The lowest BCUT2D eigenvalue weighted by Gasteiger charge is -2.34. The summed E-state index contributed by atoms with van der Waals surface area (Å²) in [5.41, 5.74) is 15.7. The van der Waals surface area contributed by atoms with Gasteiger partial charge in [0.1, 0.15) is 11.2 Å². The quantitative estimate of drug-likeness (QED) is 0.142. The Morgan fingerprint density at radius 3 is 1.49 bits per heavy atom. The minimum Gasteiger partial charge on any atom is -0.453 e. The van der Waals surface area contributed by atoms with Gasteiger partial charge in [-0.2, -0.15) is 0 Å². The van der Waals surface area contributed by atoms with Gasteiger partial charge in [0.2, 0.25) is 0 Å². The van der Waals surface area contributed by atoms with Crippen molar-refractivity contribution in [3.05, 3.63) is 260 Å². The number of hydrogen-bond acceptors (Lipinski definition) is 4. The number of aryl methyl sites for hydroxylation is 1. The predicted octanol–water partition coefficient (Wildman–Crippen LogP) is 21.2. The predicted molar refractivity (Wildman–Crippen MR) is 330 cm³/mol. The zero-order chi connectivity index (χ0) is 51.6. The number of anilines is 5. The van der Waals surface area contributed by atoms with Crippen molar-refractivity contribution in [2.75, 3.05) is 9.80 Å². The molecule has 0 bridgehead atoms. The zero-order valence-electron chi connectivity index (χ0n) is 43.2. The first-order valence-electron chi connectivity index (χ1n) is 27.1. The molecule has 0 saturated carbocycles. The van der Waals surface area contributed by atoms with Crippen LogP contribution in [0.5, 0.6) is 0 Å². The van der Waals surface area contributed by atoms with Crippen LogP contribution in [0.15, 0.2) is 263 Å². The molecule has 0 aliphatic heterocycles. The van der Waals surface area contributed by atoms with Gasteiger partial charge in [-0.1, -0.05) is 206 Å². The Bertz CT molecular complexity index is 4980. The number of para-hydroxylation sites is 2. The Morgan fingerprint density at radius 1 is 0.372 bits per heavy atom. The first kappa shape index (κ1) is 44.4. The van der Waals surface area contributed by atoms with Crippen molar-refractivity contribution in [1.29, 1.82) is 0 Å². The molecule has 13 aromatic carbocycles. The molecule has 1 aliphatic carbocycles. The van der Waals surface area contributed by atoms with Gasteiger partial charge >= 0.3 is 0 Å². The number of furan rings is 2. The maximum absolute atomic E-state index is 7.36. The summed E-state index contributed by atoms with van der Waals surface area (Å²) < 4.78 is 14.7. The molecule has 0 fully saturated rings. The topological polar surface area (TPSA) is 32.8 Å². The Morgan fingerprint density at radius 2 is 0.885 bits per heavy atom. The van der Waals surface area contributed by atoms with E-state index in [4.69, 9.17) is 8.83 Å². The van der Waals surface area contributed by atoms with Crippen LogP contribution in [0.3, 0.4) is 0 Å². The minimum absolute atomic E-state index is 0.0221. The zero-order valence-corrected chi connectivity index (χ0v) is 43.2. The molecule has 1 aliphatic rings. The smallest absolute Gasteiger partial charge is 0.159 e. The highest BCUT2D eigenvalue weighted by Crippen LogP contribution is 2.52. The summed E-state index contributed by atoms with van der Waals surface area (Å²) >= 11 is 0. The van der Waals surface area contributed by atoms with Crippen molar-refractivity contribution in [1.82, 2.24) is 0 Å². The van der Waals surface area contributed by atoms with Gasteiger partial charge in [0.05, 0.1) is 23.1 Å². The van der Waals surface area contributed by atoms with E-state index in [1.165, 1.54) is 59.6 Å². The van der Waals surface area contributed by atoms with E-state index in [0.29, 0.717) is 0 Å². The lowest BCUT2D eigenvalue weighted by molar-refractivity contribution is 0.665. The summed E-state index contributed by atoms with van der Waals surface area (Å²) in [6.45, 7) is 4.39. The van der Waals surface area contributed by atoms with Gasteiger partial charge in [0.25, 0.3) is 0 Å². The highest BCUT2D eigenvalue weighted by atomic mass is 16.3. The van der Waals surface area contributed by atoms with E-state index in [2.05, 4.69) is 272 Å². The largest absolute Gasteiger partial charge is 0.453 e. The molecular formula is C74H50N2O2. The van der Waals surface area contributed by atoms with E-state index in [1.54, 1.807) is 0 Å². The lowest BCUT2D eigenvalue weighted by Crippen LogP contribution is -2.30. The molecule has 78 heavy (non-hydrogen) atoms. The molecule has 2 heterocycles. The Hall–Kier alpha value is -9.90. The molecule has 16 rings (SSSR count). The summed E-state index contributed by atoms with van der Waals surface area (Å²) in [5, 5.41) is 16.4. The third-order valence-corrected chi connectivity index (χ3v) is 16.5. The summed E-state index contributed by atoms with van der Waals surface area (Å²) in [6, 6.07) is 84.2. The van der Waals surface area contributed by atoms with Crippen LogP contribution in [0.25, 0.3) is 120 Å². The highest BCUT2D eigenvalue weighted by molar-refractivity contribution is 6.30. The first-order valence-corrected chi connectivity index (χ1v) is 27.1. The molecule has 1 unspecified atom stereocenters. The van der Waals surface area contributed by atoms with Crippen LogP contribution in [0.1, 0.15) is 18.9 Å². The average molecular weight is 999 g/mol. The summed E-state index contributed by atoms with van der Waals surface area (Å²) in [7, 11) is 0. The van der Waals surface area contributed by atoms with E-state index in [1.807, 2.05) is 0 Å². The van der Waals surface area contributed by atoms with Gasteiger partial charge in [0, 0.05) is 54.8 Å². The fraction of sp³-hybridized carbons (Fsp3) is 0.0541. The molecule has 4 heteroatoms. The monoisotopic (exact) mass is 998 g/mol. The number of rotatable bonds is 8. The maximum atomic E-state index is 7.36. The summed E-state index contributed by atoms with van der Waals surface area (Å²) in [4.78, 5) is 4.99. The first-order chi connectivity index (χ1) is 38.5. The van der Waals surface area contributed by atoms with Crippen LogP contribution in [-0.4, -0.2) is 6.04 Å². The fourth-order valence-corrected chi connectivity index (χ4v) is 13.1. The van der Waals surface area contributed by atoms with E-state index in [9.17, 15) is 0 Å². The van der Waals surface area contributed by atoms with Crippen molar-refractivity contribution < 1.29 is 8.83 Å². The normalized spacial score (nSPS) is 13.9. The molecule has 2 aromatic heterocycles. The van der Waals surface area contributed by atoms with Crippen LogP contribution in [0, 0.1) is 6.92 Å². The molecule has 0 amide bonds. The third-order valence-electron chi connectivity index (χ3n) is 16.5. The Balaban J connectivity index is 0.942. The van der Waals surface area contributed by atoms with Crippen LogP contribution in [-0.2, 0) is 0 Å². The molecule has 15 aromatic rings. The van der Waals surface area contributed by atoms with Crippen molar-refractivity contribution in [2.45, 2.75) is 26.3 Å². The molecular weight excluding hydrogens is 949 g/mol. The molecule has 4 nitrogen and oxygen atoms in total. The molecule has 0 saturated heterocycles. The standard InChI is InChI=1S/C74H50N2O2/c1-45-17-13-25-53(41-45)75(65-31-15-29-59-69-55-27-11-9-23-51(55)43-61(73(69)77-71(59)65)47-19-5-3-6-20-47)63-39-35-49-34-38-58-64(40-36-50-33-37-57(63)67(49)68(50)58)76(54-26-14-18-46(2)42-54)66-32-16-30-60-70-56-28-12-10-24-52(56)44-62(74(70)78-72(60)66)48-21-7-4-8-22-48/h3-25,27-44,54H,26H2,1-2H3. The van der Waals surface area contributed by atoms with Gasteiger partial charge in [-0.15, -0.1) is 0 Å². The number of hydrogen-bond donors (Lipinski definition) is 0. The molecule has 0 N–H and O–H groups in total. The van der Waals surface area contributed by atoms with Crippen LogP contribution < -0.4 is 9.80 Å².